The number of hydrogen-bond donors (Lipinski definition) is 5. The lowest BCUT2D eigenvalue weighted by Crippen LogP contribution is -2.41. The number of nitrogens with zero attached hydrogens (tertiary/aromatic N) is 8. The second-order valence-electron chi connectivity index (χ2n) is 30.1. The Balaban J connectivity index is 0.000000143. The highest BCUT2D eigenvalue weighted by molar-refractivity contribution is 7.27. The molecule has 135 heavy (non-hydrogen) atoms. The maximum Gasteiger partial charge on any atom is 0.332 e. The van der Waals surface area contributed by atoms with Gasteiger partial charge in [-0.05, 0) is 158 Å². The summed E-state index contributed by atoms with van der Waals surface area (Å²) in [4.78, 5) is 170. The first-order chi connectivity index (χ1) is 64.1. The van der Waals surface area contributed by atoms with Gasteiger partial charge in [0.1, 0.15) is 68.0 Å². The topological polar surface area (TPSA) is 374 Å². The summed E-state index contributed by atoms with van der Waals surface area (Å²) in [5.41, 5.74) is 2.67. The molecule has 0 fully saturated rings. The first-order valence-corrected chi connectivity index (χ1v) is 44.8. The van der Waals surface area contributed by atoms with Gasteiger partial charge in [-0.2, -0.15) is 0 Å². The Hall–Kier alpha value is -15.9. The van der Waals surface area contributed by atoms with Crippen molar-refractivity contribution in [2.24, 2.45) is 0 Å². The van der Waals surface area contributed by atoms with E-state index < -0.39 is 51.3 Å². The van der Waals surface area contributed by atoms with Crippen LogP contribution in [-0.2, 0) is 78.0 Å². The van der Waals surface area contributed by atoms with E-state index in [2.05, 4.69) is 26.6 Å². The molecule has 0 radical (unpaired) electrons. The Morgan fingerprint density at radius 2 is 0.593 bits per heavy atom. The Bertz CT molecular complexity index is 8360. The summed E-state index contributed by atoms with van der Waals surface area (Å²) in [6.07, 6.45) is 6.71. The van der Waals surface area contributed by atoms with E-state index in [-0.39, 0.29) is 97.8 Å². The molecule has 4 amide bonds. The predicted molar refractivity (Wildman–Crippen MR) is 537 cm³/mol. The third-order valence-electron chi connectivity index (χ3n) is 21.6. The SMILES string of the molecule is C.C.C.CC(=O)c1ccc(NC(=O)Cn2c(=O)n(Cc3ccco3)c(=O)c3sc4ccccc4c32)cc1.CCc1ccccc1NC(=O)Cn1c(=O)n(Cc2ccco2)c(=O)c2sc3ccccc3c21.CNc1ccc(NC(=O)Cn2c(=O)n(Cc3ccco3)c(=O)c3sc4ccccc4c32)cc1.O=C(Cn1c(=O)n(Cc2ccco2)c(=O)c2sc3ccccc3c21)Nc1ccccc1Cl. The number of aryl methyl sites for hydroxylation is 1. The number of ketones is 1. The Morgan fingerprint density at radius 1 is 0.319 bits per heavy atom. The van der Waals surface area contributed by atoms with Crippen molar-refractivity contribution < 1.29 is 41.6 Å². The van der Waals surface area contributed by atoms with Gasteiger partial charge in [0.15, 0.2) is 5.78 Å². The van der Waals surface area contributed by atoms with Gasteiger partial charge in [-0.15, -0.1) is 45.3 Å². The molecule has 0 saturated heterocycles. The second kappa shape index (κ2) is 41.7. The molecule has 0 atom stereocenters. The van der Waals surface area contributed by atoms with Crippen LogP contribution in [0.2, 0.25) is 5.02 Å². The minimum Gasteiger partial charge on any atom is -0.467 e. The zero-order valence-electron chi connectivity index (χ0n) is 70.3. The molecule has 686 valence electrons. The lowest BCUT2D eigenvalue weighted by molar-refractivity contribution is -0.117. The molecular weight excluding hydrogens is 1820 g/mol. The number of rotatable bonds is 23. The molecule has 12 aromatic heterocycles. The highest BCUT2D eigenvalue weighted by Crippen LogP contribution is 2.36. The van der Waals surface area contributed by atoms with Crippen molar-refractivity contribution in [2.45, 2.75) is 94.9 Å². The largest absolute Gasteiger partial charge is 0.467 e. The molecule has 20 rings (SSSR count). The molecule has 0 spiro atoms. The smallest absolute Gasteiger partial charge is 0.332 e. The van der Waals surface area contributed by atoms with E-state index in [0.717, 1.165) is 76.3 Å². The van der Waals surface area contributed by atoms with Crippen molar-refractivity contribution in [1.29, 1.82) is 0 Å². The first kappa shape index (κ1) is 95.2. The van der Waals surface area contributed by atoms with Crippen LogP contribution in [-0.4, -0.2) is 73.0 Å². The van der Waals surface area contributed by atoms with E-state index in [1.807, 2.05) is 147 Å². The van der Waals surface area contributed by atoms with E-state index in [1.165, 1.54) is 95.6 Å². The third-order valence-corrected chi connectivity index (χ3v) is 26.5. The van der Waals surface area contributed by atoms with Crippen molar-refractivity contribution in [3.63, 3.8) is 0 Å². The van der Waals surface area contributed by atoms with Crippen LogP contribution in [0, 0.1) is 0 Å². The summed E-state index contributed by atoms with van der Waals surface area (Å²) in [5, 5.41) is 17.7. The predicted octanol–water partition coefficient (Wildman–Crippen LogP) is 18.0. The number of carbonyl (C=O) groups excluding carboxylic acids is 5. The molecule has 35 heteroatoms. The van der Waals surface area contributed by atoms with Gasteiger partial charge in [0.2, 0.25) is 23.6 Å². The number of fused-ring (bicyclic) bond motifs is 12. The van der Waals surface area contributed by atoms with Crippen LogP contribution in [0.25, 0.3) is 81.2 Å². The lowest BCUT2D eigenvalue weighted by Gasteiger charge is -2.13. The average molecular weight is 1910 g/mol. The summed E-state index contributed by atoms with van der Waals surface area (Å²) in [5.74, 6) is 0.259. The number of hydrogen-bond acceptors (Lipinski definition) is 22. The number of benzene rings is 8. The quantitative estimate of drug-likeness (QED) is 0.0371. The number of para-hydroxylation sites is 2. The lowest BCUT2D eigenvalue weighted by atomic mass is 10.1. The molecule has 0 bridgehead atoms. The molecule has 0 aliphatic heterocycles. The Labute approximate surface area is 787 Å². The van der Waals surface area contributed by atoms with Crippen molar-refractivity contribution >= 4 is 196 Å². The fourth-order valence-corrected chi connectivity index (χ4v) is 20.1. The average Bonchev–Trinajstić information content (AvgIpc) is 1.62. The third kappa shape index (κ3) is 20.0. The molecule has 0 saturated carbocycles. The van der Waals surface area contributed by atoms with Gasteiger partial charge in [-0.25, -0.2) is 19.2 Å². The maximum atomic E-state index is 13.5. The van der Waals surface area contributed by atoms with Crippen molar-refractivity contribution in [2.75, 3.05) is 33.6 Å². The normalized spacial score (nSPS) is 11.0. The van der Waals surface area contributed by atoms with Crippen LogP contribution in [0.1, 0.15) is 75.1 Å². The number of halogens is 1. The van der Waals surface area contributed by atoms with Crippen LogP contribution >= 0.6 is 56.9 Å². The maximum absolute atomic E-state index is 13.5. The van der Waals surface area contributed by atoms with Crippen molar-refractivity contribution in [1.82, 2.24) is 36.5 Å². The molecule has 12 heterocycles. The number of nitrogens with one attached hydrogen (secondary N) is 5. The summed E-state index contributed by atoms with van der Waals surface area (Å²) < 4.78 is 36.4. The van der Waals surface area contributed by atoms with Crippen LogP contribution in [0.3, 0.4) is 0 Å². The van der Waals surface area contributed by atoms with Gasteiger partial charge in [-0.1, -0.05) is 144 Å². The molecule has 0 unspecified atom stereocenters. The Morgan fingerprint density at radius 3 is 0.889 bits per heavy atom. The van der Waals surface area contributed by atoms with E-state index in [4.69, 9.17) is 29.3 Å². The van der Waals surface area contributed by atoms with E-state index in [0.29, 0.717) is 97.2 Å². The number of thiophene rings is 4. The van der Waals surface area contributed by atoms with Gasteiger partial charge >= 0.3 is 22.8 Å². The zero-order valence-corrected chi connectivity index (χ0v) is 74.3. The summed E-state index contributed by atoms with van der Waals surface area (Å²) in [7, 11) is 1.81. The zero-order chi connectivity index (χ0) is 92.0. The van der Waals surface area contributed by atoms with Gasteiger partial charge in [-0.3, -0.25) is 79.7 Å². The summed E-state index contributed by atoms with van der Waals surface area (Å²) in [6.45, 7) is 2.38. The van der Waals surface area contributed by atoms with Gasteiger partial charge in [0, 0.05) is 75.7 Å². The molecule has 5 N–H and O–H groups in total. The van der Waals surface area contributed by atoms with Crippen molar-refractivity contribution in [3.8, 4) is 0 Å². The fourth-order valence-electron chi connectivity index (χ4n) is 15.3. The standard InChI is InChI=1S/C25H19N3O5S.C25H21N3O4S.C24H20N4O4S.C23H16ClN3O4S.3CH4/c1-15(29)16-8-10-17(11-9-16)26-21(30)14-27-22-19-6-2-3-7-20(19)34-23(22)24(31)28(25(27)32)13-18-5-4-12-33-18;1-2-16-8-3-5-11-19(16)26-21(29)15-27-22-18-10-4-6-12-20(18)33-23(22)24(30)28(25(27)31)14-17-9-7-13-32-17;1-25-15-8-10-16(11-9-15)26-20(29)14-27-21-18-6-2-3-7-19(18)33-22(21)23(30)28(24(27)31)13-17-5-4-12-32-17;24-16-8-2-3-9-17(16)25-19(28)13-26-20-15-7-1-4-10-18(15)32-21(20)22(29)27(23(26)30)12-14-6-5-11-31-14;;;/h2-12H,13-14H2,1H3,(H,26,30);3-13H,2,14-15H2,1H3,(H,26,29);2-12,25H,13-14H2,1H3,(H,26,29);1-11H,12-13H2,(H,25,28);3*1H4. The van der Waals surface area contributed by atoms with Crippen LogP contribution in [0.4, 0.5) is 28.4 Å². The van der Waals surface area contributed by atoms with Crippen molar-refractivity contribution in [3.05, 3.63) is 390 Å². The molecule has 20 aromatic rings. The first-order valence-electron chi connectivity index (χ1n) is 41.2. The summed E-state index contributed by atoms with van der Waals surface area (Å²) >= 11 is 11.4. The monoisotopic (exact) mass is 1910 g/mol. The van der Waals surface area contributed by atoms with E-state index in [9.17, 15) is 62.3 Å². The molecule has 30 nitrogen and oxygen atoms in total. The molecule has 0 aliphatic carbocycles. The molecule has 0 aliphatic rings. The van der Waals surface area contributed by atoms with Crippen LogP contribution in [0.5, 0.6) is 0 Å². The van der Waals surface area contributed by atoms with Gasteiger partial charge in [0.25, 0.3) is 22.2 Å². The van der Waals surface area contributed by atoms with Crippen LogP contribution in [0.15, 0.2) is 324 Å². The molecule has 8 aromatic carbocycles. The number of anilines is 5. The number of Topliss-reactive ketones (excluding diaryl/α,β-unsaturated/α-hetero) is 1. The molecular formula is C100H88ClN13O17S4. The van der Waals surface area contributed by atoms with E-state index >= 15 is 0 Å². The number of furan rings is 4. The van der Waals surface area contributed by atoms with Crippen LogP contribution < -0.4 is 71.6 Å². The van der Waals surface area contributed by atoms with Gasteiger partial charge < -0.3 is 44.3 Å². The highest BCUT2D eigenvalue weighted by atomic mass is 35.5. The Kier molecular flexibility index (Phi) is 29.4. The van der Waals surface area contributed by atoms with E-state index in [1.54, 1.807) is 109 Å². The number of aromatic nitrogens is 8. The second-order valence-corrected chi connectivity index (χ2v) is 34.7. The fraction of sp³-hybridized carbons (Fsp3) is 0.150. The number of carbonyl (C=O) groups is 5. The highest BCUT2D eigenvalue weighted by Gasteiger charge is 2.27. The number of amides is 4. The minimum atomic E-state index is -0.598. The minimum absolute atomic E-state index is 0. The van der Waals surface area contributed by atoms with Gasteiger partial charge in [0.05, 0.1) is 84.0 Å². The summed E-state index contributed by atoms with van der Waals surface area (Å²) in [6, 6.07) is 71.5.